The molecule has 0 unspecified atom stereocenters. The standard InChI is InChI=1S/C19H22F2N8O/c1-12(18-14(21)7-13(20)9-22-18)24-19-26-15(25-16-10-28(2)11-23-16)8-17(27-19)29-3-5-30-6-4-29/h7-12H,3-6H2,1-2H3,(H2,24,25,26,27)/t12-/m0/s1. The highest BCUT2D eigenvalue weighted by Crippen LogP contribution is 2.24. The first-order valence-electron chi connectivity index (χ1n) is 9.52. The molecule has 1 atom stereocenters. The molecule has 3 aromatic rings. The average Bonchev–Trinajstić information content (AvgIpc) is 3.13. The van der Waals surface area contributed by atoms with Crippen LogP contribution < -0.4 is 15.5 Å². The number of aryl methyl sites for hydroxylation is 1. The van der Waals surface area contributed by atoms with Crippen molar-refractivity contribution in [2.24, 2.45) is 7.05 Å². The quantitative estimate of drug-likeness (QED) is 0.634. The smallest absolute Gasteiger partial charge is 0.227 e. The molecule has 0 spiro atoms. The molecule has 2 N–H and O–H groups in total. The third-order valence-electron chi connectivity index (χ3n) is 4.60. The van der Waals surface area contributed by atoms with Crippen LogP contribution in [0.4, 0.5) is 32.2 Å². The van der Waals surface area contributed by atoms with Crippen LogP contribution in [0.5, 0.6) is 0 Å². The summed E-state index contributed by atoms with van der Waals surface area (Å²) in [5, 5.41) is 6.21. The van der Waals surface area contributed by atoms with Crippen molar-refractivity contribution in [2.75, 3.05) is 41.8 Å². The van der Waals surface area contributed by atoms with Crippen LogP contribution >= 0.6 is 0 Å². The van der Waals surface area contributed by atoms with Crippen molar-refractivity contribution in [3.8, 4) is 0 Å². The van der Waals surface area contributed by atoms with Crippen LogP contribution in [-0.4, -0.2) is 50.8 Å². The second-order valence-corrected chi connectivity index (χ2v) is 6.97. The molecule has 0 bridgehead atoms. The molecule has 0 aromatic carbocycles. The van der Waals surface area contributed by atoms with Gasteiger partial charge in [0.05, 0.1) is 37.5 Å². The van der Waals surface area contributed by atoms with Gasteiger partial charge in [0.1, 0.15) is 29.1 Å². The first-order chi connectivity index (χ1) is 14.5. The van der Waals surface area contributed by atoms with E-state index in [9.17, 15) is 8.78 Å². The van der Waals surface area contributed by atoms with Gasteiger partial charge in [-0.2, -0.15) is 9.97 Å². The van der Waals surface area contributed by atoms with Crippen molar-refractivity contribution in [3.05, 3.63) is 48.2 Å². The summed E-state index contributed by atoms with van der Waals surface area (Å²) in [6.07, 6.45) is 4.48. The van der Waals surface area contributed by atoms with Gasteiger partial charge in [0.2, 0.25) is 5.95 Å². The Morgan fingerprint density at radius 2 is 1.90 bits per heavy atom. The number of pyridine rings is 1. The van der Waals surface area contributed by atoms with Gasteiger partial charge < -0.3 is 24.8 Å². The molecule has 30 heavy (non-hydrogen) atoms. The van der Waals surface area contributed by atoms with E-state index in [1.165, 1.54) is 0 Å². The fourth-order valence-electron chi connectivity index (χ4n) is 3.13. The van der Waals surface area contributed by atoms with Gasteiger partial charge in [0.15, 0.2) is 0 Å². The highest BCUT2D eigenvalue weighted by molar-refractivity contribution is 5.59. The molecular weight excluding hydrogens is 394 g/mol. The van der Waals surface area contributed by atoms with Gasteiger partial charge in [-0.3, -0.25) is 4.98 Å². The van der Waals surface area contributed by atoms with Gasteiger partial charge in [-0.1, -0.05) is 0 Å². The molecule has 1 aliphatic heterocycles. The van der Waals surface area contributed by atoms with E-state index >= 15 is 0 Å². The zero-order valence-electron chi connectivity index (χ0n) is 16.6. The van der Waals surface area contributed by atoms with Crippen LogP contribution in [0.3, 0.4) is 0 Å². The van der Waals surface area contributed by atoms with E-state index in [4.69, 9.17) is 4.74 Å². The van der Waals surface area contributed by atoms with Crippen LogP contribution in [0.1, 0.15) is 18.7 Å². The number of anilines is 4. The van der Waals surface area contributed by atoms with Crippen molar-refractivity contribution in [1.29, 1.82) is 0 Å². The van der Waals surface area contributed by atoms with E-state index in [1.807, 2.05) is 23.9 Å². The van der Waals surface area contributed by atoms with Crippen molar-refractivity contribution < 1.29 is 13.5 Å². The van der Waals surface area contributed by atoms with Crippen molar-refractivity contribution in [3.63, 3.8) is 0 Å². The lowest BCUT2D eigenvalue weighted by Crippen LogP contribution is -2.37. The van der Waals surface area contributed by atoms with Crippen LogP contribution in [-0.2, 0) is 11.8 Å². The first-order valence-corrected chi connectivity index (χ1v) is 9.52. The Labute approximate surface area is 172 Å². The van der Waals surface area contributed by atoms with Gasteiger partial charge in [-0.05, 0) is 6.92 Å². The van der Waals surface area contributed by atoms with Crippen molar-refractivity contribution in [2.45, 2.75) is 13.0 Å². The number of nitrogens with one attached hydrogen (secondary N) is 2. The summed E-state index contributed by atoms with van der Waals surface area (Å²) < 4.78 is 34.5. The van der Waals surface area contributed by atoms with E-state index in [0.29, 0.717) is 43.8 Å². The first kappa shape index (κ1) is 20.0. The van der Waals surface area contributed by atoms with Crippen molar-refractivity contribution >= 4 is 23.4 Å². The minimum Gasteiger partial charge on any atom is -0.378 e. The number of nitrogens with zero attached hydrogens (tertiary/aromatic N) is 6. The summed E-state index contributed by atoms with van der Waals surface area (Å²) in [4.78, 5) is 19.2. The molecule has 1 saturated heterocycles. The number of morpholine rings is 1. The molecule has 9 nitrogen and oxygen atoms in total. The number of halogens is 2. The third-order valence-corrected chi connectivity index (χ3v) is 4.60. The predicted octanol–water partition coefficient (Wildman–Crippen LogP) is 2.64. The van der Waals surface area contributed by atoms with Crippen LogP contribution in [0, 0.1) is 11.6 Å². The largest absolute Gasteiger partial charge is 0.378 e. The monoisotopic (exact) mass is 416 g/mol. The summed E-state index contributed by atoms with van der Waals surface area (Å²) in [5.41, 5.74) is 0.0796. The summed E-state index contributed by atoms with van der Waals surface area (Å²) in [7, 11) is 1.87. The molecule has 3 aromatic heterocycles. The maximum atomic E-state index is 14.1. The predicted molar refractivity (Wildman–Crippen MR) is 108 cm³/mol. The number of rotatable bonds is 6. The fraction of sp³-hybridized carbons (Fsp3) is 0.368. The Balaban J connectivity index is 1.62. The minimum absolute atomic E-state index is 0.0796. The molecule has 4 heterocycles. The Morgan fingerprint density at radius 3 is 2.60 bits per heavy atom. The lowest BCUT2D eigenvalue weighted by Gasteiger charge is -2.28. The molecule has 1 aliphatic rings. The van der Waals surface area contributed by atoms with E-state index in [1.54, 1.807) is 13.3 Å². The fourth-order valence-corrected chi connectivity index (χ4v) is 3.13. The third kappa shape index (κ3) is 4.62. The Bertz CT molecular complexity index is 1020. The minimum atomic E-state index is -0.730. The maximum Gasteiger partial charge on any atom is 0.227 e. The van der Waals surface area contributed by atoms with Crippen LogP contribution in [0.2, 0.25) is 0 Å². The lowest BCUT2D eigenvalue weighted by molar-refractivity contribution is 0.122. The normalized spacial score (nSPS) is 15.1. The summed E-state index contributed by atoms with van der Waals surface area (Å²) in [5.74, 6) is 0.702. The second-order valence-electron chi connectivity index (χ2n) is 6.97. The zero-order chi connectivity index (χ0) is 21.1. The molecule has 0 saturated carbocycles. The number of imidazole rings is 1. The number of aromatic nitrogens is 5. The molecule has 158 valence electrons. The van der Waals surface area contributed by atoms with E-state index in [0.717, 1.165) is 12.3 Å². The summed E-state index contributed by atoms with van der Waals surface area (Å²) >= 11 is 0. The van der Waals surface area contributed by atoms with Gasteiger partial charge in [-0.15, -0.1) is 0 Å². The highest BCUT2D eigenvalue weighted by atomic mass is 19.1. The molecule has 4 rings (SSSR count). The van der Waals surface area contributed by atoms with Gasteiger partial charge in [0.25, 0.3) is 0 Å². The summed E-state index contributed by atoms with van der Waals surface area (Å²) in [6.45, 7) is 4.32. The number of hydrogen-bond donors (Lipinski definition) is 2. The Hall–Kier alpha value is -3.34. The SMILES string of the molecule is C[C@H](Nc1nc(Nc2cn(C)cn2)cc(N2CCOCC2)n1)c1ncc(F)cc1F. The van der Waals surface area contributed by atoms with Gasteiger partial charge >= 0.3 is 0 Å². The van der Waals surface area contributed by atoms with Gasteiger partial charge in [0, 0.05) is 38.5 Å². The Kier molecular flexibility index (Phi) is 5.70. The lowest BCUT2D eigenvalue weighted by atomic mass is 10.2. The molecular formula is C19H22F2N8O. The number of ether oxygens (including phenoxy) is 1. The second kappa shape index (κ2) is 8.57. The molecule has 1 fully saturated rings. The topological polar surface area (TPSA) is 93.0 Å². The molecule has 0 radical (unpaired) electrons. The molecule has 0 amide bonds. The van der Waals surface area contributed by atoms with Gasteiger partial charge in [-0.25, -0.2) is 13.8 Å². The average molecular weight is 416 g/mol. The van der Waals surface area contributed by atoms with Crippen molar-refractivity contribution in [1.82, 2.24) is 24.5 Å². The number of hydrogen-bond acceptors (Lipinski definition) is 8. The summed E-state index contributed by atoms with van der Waals surface area (Å²) in [6, 6.07) is 2.06. The van der Waals surface area contributed by atoms with E-state index in [-0.39, 0.29) is 11.6 Å². The Morgan fingerprint density at radius 1 is 1.10 bits per heavy atom. The highest BCUT2D eigenvalue weighted by Gasteiger charge is 2.18. The molecule has 0 aliphatic carbocycles. The van der Waals surface area contributed by atoms with Crippen LogP contribution in [0.15, 0.2) is 30.9 Å². The van der Waals surface area contributed by atoms with E-state index in [2.05, 4.69) is 35.5 Å². The molecule has 11 heteroatoms. The maximum absolute atomic E-state index is 14.1. The van der Waals surface area contributed by atoms with E-state index < -0.39 is 17.7 Å². The van der Waals surface area contributed by atoms with Crippen LogP contribution in [0.25, 0.3) is 0 Å². The zero-order valence-corrected chi connectivity index (χ0v) is 16.6.